The lowest BCUT2D eigenvalue weighted by Crippen LogP contribution is -2.30. The minimum absolute atomic E-state index is 0.267. The van der Waals surface area contributed by atoms with Crippen molar-refractivity contribution in [1.82, 2.24) is 0 Å². The summed E-state index contributed by atoms with van der Waals surface area (Å²) in [6.07, 6.45) is 1.59. The van der Waals surface area contributed by atoms with Gasteiger partial charge in [-0.2, -0.15) is 0 Å². The summed E-state index contributed by atoms with van der Waals surface area (Å²) < 4.78 is 19.2. The van der Waals surface area contributed by atoms with E-state index in [2.05, 4.69) is 4.90 Å². The summed E-state index contributed by atoms with van der Waals surface area (Å²) in [6, 6.07) is 5.39. The minimum Gasteiger partial charge on any atom is -0.389 e. The zero-order valence-corrected chi connectivity index (χ0v) is 10.9. The number of aliphatic hydroxyl groups is 1. The highest BCUT2D eigenvalue weighted by Gasteiger charge is 2.30. The maximum Gasteiger partial charge on any atom is 0.146 e. The van der Waals surface area contributed by atoms with Crippen LogP contribution in [0.15, 0.2) is 18.2 Å². The number of rotatable bonds is 6. The molecular formula is C14H20FNO2. The second-order valence-electron chi connectivity index (χ2n) is 4.80. The molecule has 0 amide bonds. The molecule has 3 nitrogen and oxygen atoms in total. The number of benzene rings is 1. The number of hydrogen-bond donors (Lipinski definition) is 1. The molecule has 1 N–H and O–H groups in total. The van der Waals surface area contributed by atoms with Crippen LogP contribution in [-0.2, 0) is 4.74 Å². The SMILES string of the molecule is COCCN(c1ccc(C(C)O)cc1F)C1CC1. The molecular weight excluding hydrogens is 233 g/mol. The van der Waals surface area contributed by atoms with Crippen molar-refractivity contribution in [2.75, 3.05) is 25.2 Å². The van der Waals surface area contributed by atoms with Gasteiger partial charge in [-0.15, -0.1) is 0 Å². The van der Waals surface area contributed by atoms with Gasteiger partial charge < -0.3 is 14.7 Å². The van der Waals surface area contributed by atoms with Crippen LogP contribution >= 0.6 is 0 Å². The van der Waals surface area contributed by atoms with Gasteiger partial charge in [0.25, 0.3) is 0 Å². The highest BCUT2D eigenvalue weighted by molar-refractivity contribution is 5.51. The number of anilines is 1. The molecule has 100 valence electrons. The summed E-state index contributed by atoms with van der Waals surface area (Å²) in [6.45, 7) is 2.93. The summed E-state index contributed by atoms with van der Waals surface area (Å²) in [5.74, 6) is -0.267. The Morgan fingerprint density at radius 2 is 2.22 bits per heavy atom. The van der Waals surface area contributed by atoms with E-state index >= 15 is 0 Å². The molecule has 2 rings (SSSR count). The van der Waals surface area contributed by atoms with Gasteiger partial charge >= 0.3 is 0 Å². The summed E-state index contributed by atoms with van der Waals surface area (Å²) in [5, 5.41) is 9.44. The first-order valence-corrected chi connectivity index (χ1v) is 6.36. The summed E-state index contributed by atoms with van der Waals surface area (Å²) in [5.41, 5.74) is 1.22. The van der Waals surface area contributed by atoms with E-state index in [4.69, 9.17) is 4.74 Å². The lowest BCUT2D eigenvalue weighted by Gasteiger charge is -2.25. The number of halogens is 1. The molecule has 4 heteroatoms. The molecule has 1 aliphatic rings. The van der Waals surface area contributed by atoms with E-state index in [-0.39, 0.29) is 5.82 Å². The van der Waals surface area contributed by atoms with Crippen molar-refractivity contribution in [3.05, 3.63) is 29.6 Å². The molecule has 1 unspecified atom stereocenters. The molecule has 1 aliphatic carbocycles. The van der Waals surface area contributed by atoms with Crippen molar-refractivity contribution in [2.24, 2.45) is 0 Å². The number of ether oxygens (including phenoxy) is 1. The molecule has 0 saturated heterocycles. The van der Waals surface area contributed by atoms with Crippen LogP contribution in [0.5, 0.6) is 0 Å². The lowest BCUT2D eigenvalue weighted by molar-refractivity contribution is 0.198. The Labute approximate surface area is 107 Å². The molecule has 1 fully saturated rings. The van der Waals surface area contributed by atoms with Crippen LogP contribution in [0.4, 0.5) is 10.1 Å². The van der Waals surface area contributed by atoms with Crippen molar-refractivity contribution < 1.29 is 14.2 Å². The Kier molecular flexibility index (Phi) is 4.19. The van der Waals surface area contributed by atoms with E-state index in [9.17, 15) is 9.50 Å². The van der Waals surface area contributed by atoms with Gasteiger partial charge in [0, 0.05) is 19.7 Å². The van der Waals surface area contributed by atoms with E-state index in [0.717, 1.165) is 12.8 Å². The molecule has 0 spiro atoms. The Morgan fingerprint density at radius 3 is 2.72 bits per heavy atom. The molecule has 0 aromatic heterocycles. The maximum absolute atomic E-state index is 14.1. The van der Waals surface area contributed by atoms with Crippen molar-refractivity contribution in [3.8, 4) is 0 Å². The van der Waals surface area contributed by atoms with Gasteiger partial charge in [0.05, 0.1) is 18.4 Å². The van der Waals surface area contributed by atoms with E-state index in [1.165, 1.54) is 6.07 Å². The molecule has 1 aromatic rings. The smallest absolute Gasteiger partial charge is 0.146 e. The van der Waals surface area contributed by atoms with Gasteiger partial charge in [-0.3, -0.25) is 0 Å². The largest absolute Gasteiger partial charge is 0.389 e. The van der Waals surface area contributed by atoms with Crippen molar-refractivity contribution >= 4 is 5.69 Å². The van der Waals surface area contributed by atoms with Gasteiger partial charge in [0.15, 0.2) is 0 Å². The third kappa shape index (κ3) is 3.00. The Hall–Kier alpha value is -1.13. The van der Waals surface area contributed by atoms with Crippen LogP contribution in [0.25, 0.3) is 0 Å². The minimum atomic E-state index is -0.637. The van der Waals surface area contributed by atoms with Gasteiger partial charge in [0.1, 0.15) is 5.82 Å². The summed E-state index contributed by atoms with van der Waals surface area (Å²) in [4.78, 5) is 2.06. The highest BCUT2D eigenvalue weighted by Crippen LogP contribution is 2.33. The van der Waals surface area contributed by atoms with Gasteiger partial charge in [-0.1, -0.05) is 6.07 Å². The summed E-state index contributed by atoms with van der Waals surface area (Å²) >= 11 is 0. The molecule has 0 heterocycles. The standard InChI is InChI=1S/C14H20FNO2/c1-10(17)11-3-6-14(13(15)9-11)16(7-8-18-2)12-4-5-12/h3,6,9-10,12,17H,4-5,7-8H2,1-2H3. The van der Waals surface area contributed by atoms with E-state index in [1.54, 1.807) is 26.2 Å². The van der Waals surface area contributed by atoms with Crippen molar-refractivity contribution in [3.63, 3.8) is 0 Å². The van der Waals surface area contributed by atoms with Gasteiger partial charge in [-0.25, -0.2) is 4.39 Å². The molecule has 1 aromatic carbocycles. The first-order valence-electron chi connectivity index (χ1n) is 6.36. The number of methoxy groups -OCH3 is 1. The average molecular weight is 253 g/mol. The van der Waals surface area contributed by atoms with Crippen molar-refractivity contribution in [2.45, 2.75) is 31.9 Å². The van der Waals surface area contributed by atoms with Crippen LogP contribution in [-0.4, -0.2) is 31.4 Å². The normalized spacial score (nSPS) is 16.7. The van der Waals surface area contributed by atoms with E-state index in [1.807, 2.05) is 0 Å². The van der Waals surface area contributed by atoms with Crippen molar-refractivity contribution in [1.29, 1.82) is 0 Å². The quantitative estimate of drug-likeness (QED) is 0.845. The predicted octanol–water partition coefficient (Wildman–Crippen LogP) is 2.49. The van der Waals surface area contributed by atoms with Crippen LogP contribution in [0.3, 0.4) is 0 Å². The Morgan fingerprint density at radius 1 is 1.50 bits per heavy atom. The second-order valence-corrected chi connectivity index (χ2v) is 4.80. The average Bonchev–Trinajstić information content (AvgIpc) is 3.15. The predicted molar refractivity (Wildman–Crippen MR) is 69.3 cm³/mol. The first-order chi connectivity index (χ1) is 8.63. The highest BCUT2D eigenvalue weighted by atomic mass is 19.1. The monoisotopic (exact) mass is 253 g/mol. The molecule has 18 heavy (non-hydrogen) atoms. The van der Waals surface area contributed by atoms with Gasteiger partial charge in [0.2, 0.25) is 0 Å². The zero-order valence-electron chi connectivity index (χ0n) is 10.9. The Balaban J connectivity index is 2.19. The molecule has 0 aliphatic heterocycles. The van der Waals surface area contributed by atoms with Crippen LogP contribution in [0.1, 0.15) is 31.4 Å². The topological polar surface area (TPSA) is 32.7 Å². The zero-order chi connectivity index (χ0) is 13.1. The second kappa shape index (κ2) is 5.67. The third-order valence-corrected chi connectivity index (χ3v) is 3.29. The number of nitrogens with zero attached hydrogens (tertiary/aromatic N) is 1. The summed E-state index contributed by atoms with van der Waals surface area (Å²) in [7, 11) is 1.65. The maximum atomic E-state index is 14.1. The van der Waals surface area contributed by atoms with Crippen LogP contribution in [0.2, 0.25) is 0 Å². The van der Waals surface area contributed by atoms with E-state index in [0.29, 0.717) is 30.4 Å². The third-order valence-electron chi connectivity index (χ3n) is 3.29. The van der Waals surface area contributed by atoms with Crippen LogP contribution < -0.4 is 4.90 Å². The Bertz CT molecular complexity index is 405. The molecule has 0 radical (unpaired) electrons. The fraction of sp³-hybridized carbons (Fsp3) is 0.571. The molecule has 1 saturated carbocycles. The lowest BCUT2D eigenvalue weighted by atomic mass is 10.1. The van der Waals surface area contributed by atoms with E-state index < -0.39 is 6.10 Å². The number of hydrogen-bond acceptors (Lipinski definition) is 3. The van der Waals surface area contributed by atoms with Crippen LogP contribution in [0, 0.1) is 5.82 Å². The first kappa shape index (κ1) is 13.3. The molecule has 0 bridgehead atoms. The fourth-order valence-corrected chi connectivity index (χ4v) is 2.09. The fourth-order valence-electron chi connectivity index (χ4n) is 2.09. The van der Waals surface area contributed by atoms with Gasteiger partial charge in [-0.05, 0) is 37.5 Å². The molecule has 1 atom stereocenters. The number of aliphatic hydroxyl groups excluding tert-OH is 1.